The Morgan fingerprint density at radius 3 is 2.10 bits per heavy atom. The van der Waals surface area contributed by atoms with Crippen LogP contribution in [0.2, 0.25) is 0 Å². The minimum Gasteiger partial charge on any atom is -0.396 e. The van der Waals surface area contributed by atoms with Crippen molar-refractivity contribution in [3.05, 3.63) is 0 Å². The predicted octanol–water partition coefficient (Wildman–Crippen LogP) is 2.36. The van der Waals surface area contributed by atoms with Gasteiger partial charge in [0.25, 0.3) is 0 Å². The first-order valence-electron chi connectivity index (χ1n) is 8.70. The van der Waals surface area contributed by atoms with Crippen LogP contribution in [-0.4, -0.2) is 36.8 Å². The molecule has 0 spiro atoms. The van der Waals surface area contributed by atoms with Gasteiger partial charge < -0.3 is 15.7 Å². The SMILES string of the molecule is CNC1(CC(=O)NCC2(CO)CCCCC2)CCCCC1. The van der Waals surface area contributed by atoms with Crippen LogP contribution in [0.15, 0.2) is 0 Å². The molecule has 0 radical (unpaired) electrons. The van der Waals surface area contributed by atoms with E-state index < -0.39 is 0 Å². The third-order valence-corrected chi connectivity index (χ3v) is 5.75. The number of amides is 1. The van der Waals surface area contributed by atoms with Crippen LogP contribution in [0.3, 0.4) is 0 Å². The van der Waals surface area contributed by atoms with E-state index in [4.69, 9.17) is 0 Å². The highest BCUT2D eigenvalue weighted by atomic mass is 16.3. The number of carbonyl (C=O) groups excluding carboxylic acids is 1. The molecular formula is C17H32N2O2. The maximum absolute atomic E-state index is 12.3. The third kappa shape index (κ3) is 4.43. The number of hydrogen-bond donors (Lipinski definition) is 3. The Labute approximate surface area is 129 Å². The molecule has 0 aromatic rings. The van der Waals surface area contributed by atoms with Crippen molar-refractivity contribution in [2.45, 2.75) is 76.2 Å². The van der Waals surface area contributed by atoms with Gasteiger partial charge in [-0.15, -0.1) is 0 Å². The number of carbonyl (C=O) groups is 1. The van der Waals surface area contributed by atoms with Crippen molar-refractivity contribution in [1.82, 2.24) is 10.6 Å². The zero-order chi connectivity index (χ0) is 15.2. The first-order valence-corrected chi connectivity index (χ1v) is 8.70. The van der Waals surface area contributed by atoms with E-state index in [1.165, 1.54) is 38.5 Å². The fourth-order valence-corrected chi connectivity index (χ4v) is 4.09. The first kappa shape index (κ1) is 16.8. The van der Waals surface area contributed by atoms with Crippen molar-refractivity contribution in [2.75, 3.05) is 20.2 Å². The van der Waals surface area contributed by atoms with Gasteiger partial charge >= 0.3 is 0 Å². The van der Waals surface area contributed by atoms with Gasteiger partial charge in [-0.05, 0) is 32.7 Å². The molecular weight excluding hydrogens is 264 g/mol. The molecule has 1 amide bonds. The van der Waals surface area contributed by atoms with Gasteiger partial charge in [0.15, 0.2) is 0 Å². The Balaban J connectivity index is 1.83. The number of rotatable bonds is 6. The van der Waals surface area contributed by atoms with Crippen molar-refractivity contribution in [3.63, 3.8) is 0 Å². The Hall–Kier alpha value is -0.610. The first-order chi connectivity index (χ1) is 10.1. The van der Waals surface area contributed by atoms with Crippen molar-refractivity contribution < 1.29 is 9.90 Å². The van der Waals surface area contributed by atoms with Gasteiger partial charge in [0.1, 0.15) is 0 Å². The average molecular weight is 296 g/mol. The van der Waals surface area contributed by atoms with E-state index in [1.54, 1.807) is 0 Å². The zero-order valence-electron chi connectivity index (χ0n) is 13.5. The Kier molecular flexibility index (Phi) is 6.06. The maximum Gasteiger partial charge on any atom is 0.221 e. The number of hydrogen-bond acceptors (Lipinski definition) is 3. The molecule has 0 aromatic carbocycles. The summed E-state index contributed by atoms with van der Waals surface area (Å²) >= 11 is 0. The van der Waals surface area contributed by atoms with E-state index >= 15 is 0 Å². The second kappa shape index (κ2) is 7.59. The molecule has 0 unspecified atom stereocenters. The molecule has 4 heteroatoms. The van der Waals surface area contributed by atoms with E-state index in [0.29, 0.717) is 13.0 Å². The average Bonchev–Trinajstić information content (AvgIpc) is 2.55. The quantitative estimate of drug-likeness (QED) is 0.705. The molecule has 0 atom stereocenters. The lowest BCUT2D eigenvalue weighted by atomic mass is 9.74. The van der Waals surface area contributed by atoms with Gasteiger partial charge in [0.2, 0.25) is 5.91 Å². The summed E-state index contributed by atoms with van der Waals surface area (Å²) in [5.41, 5.74) is -0.0610. The van der Waals surface area contributed by atoms with Gasteiger partial charge in [0.05, 0.1) is 6.61 Å². The molecule has 2 saturated carbocycles. The monoisotopic (exact) mass is 296 g/mol. The highest BCUT2D eigenvalue weighted by molar-refractivity contribution is 5.77. The van der Waals surface area contributed by atoms with E-state index in [2.05, 4.69) is 10.6 Å². The van der Waals surface area contributed by atoms with Crippen LogP contribution in [0.4, 0.5) is 0 Å². The standard InChI is InChI=1S/C17H32N2O2/c1-18-17(10-6-3-7-11-17)12-15(21)19-13-16(14-20)8-4-2-5-9-16/h18,20H,2-14H2,1H3,(H,19,21). The van der Waals surface area contributed by atoms with E-state index in [9.17, 15) is 9.90 Å². The molecule has 2 fully saturated rings. The van der Waals surface area contributed by atoms with E-state index in [1.807, 2.05) is 7.05 Å². The molecule has 0 bridgehead atoms. The van der Waals surface area contributed by atoms with Crippen LogP contribution >= 0.6 is 0 Å². The van der Waals surface area contributed by atoms with Gasteiger partial charge in [-0.2, -0.15) is 0 Å². The molecule has 2 aliphatic rings. The van der Waals surface area contributed by atoms with Crippen molar-refractivity contribution in [1.29, 1.82) is 0 Å². The molecule has 2 aliphatic carbocycles. The van der Waals surface area contributed by atoms with Crippen LogP contribution in [0.5, 0.6) is 0 Å². The maximum atomic E-state index is 12.3. The molecule has 3 N–H and O–H groups in total. The second-order valence-electron chi connectivity index (χ2n) is 7.26. The highest BCUT2D eigenvalue weighted by Gasteiger charge is 2.35. The molecule has 2 rings (SSSR count). The summed E-state index contributed by atoms with van der Waals surface area (Å²) in [7, 11) is 1.98. The Morgan fingerprint density at radius 2 is 1.57 bits per heavy atom. The Morgan fingerprint density at radius 1 is 1.00 bits per heavy atom. The topological polar surface area (TPSA) is 61.4 Å². The number of aliphatic hydroxyl groups excluding tert-OH is 1. The van der Waals surface area contributed by atoms with E-state index in [-0.39, 0.29) is 23.5 Å². The number of aliphatic hydroxyl groups is 1. The fraction of sp³-hybridized carbons (Fsp3) is 0.941. The van der Waals surface area contributed by atoms with Crippen LogP contribution in [0.25, 0.3) is 0 Å². The van der Waals surface area contributed by atoms with Crippen molar-refractivity contribution in [2.24, 2.45) is 5.41 Å². The fourth-order valence-electron chi connectivity index (χ4n) is 4.09. The number of nitrogens with one attached hydrogen (secondary N) is 2. The molecule has 21 heavy (non-hydrogen) atoms. The molecule has 0 aliphatic heterocycles. The summed E-state index contributed by atoms with van der Waals surface area (Å²) in [5.74, 6) is 0.143. The molecule has 122 valence electrons. The summed E-state index contributed by atoms with van der Waals surface area (Å²) in [4.78, 5) is 12.3. The highest BCUT2D eigenvalue weighted by Crippen LogP contribution is 2.35. The smallest absolute Gasteiger partial charge is 0.221 e. The van der Waals surface area contributed by atoms with Gasteiger partial charge in [-0.1, -0.05) is 38.5 Å². The van der Waals surface area contributed by atoms with Gasteiger partial charge in [0, 0.05) is 23.9 Å². The summed E-state index contributed by atoms with van der Waals surface area (Å²) in [6, 6.07) is 0. The second-order valence-corrected chi connectivity index (χ2v) is 7.26. The normalized spacial score (nSPS) is 24.5. The van der Waals surface area contributed by atoms with Crippen molar-refractivity contribution in [3.8, 4) is 0 Å². The minimum absolute atomic E-state index is 0.00127. The van der Waals surface area contributed by atoms with Crippen LogP contribution in [0, 0.1) is 5.41 Å². The van der Waals surface area contributed by atoms with E-state index in [0.717, 1.165) is 25.7 Å². The summed E-state index contributed by atoms with van der Waals surface area (Å²) in [5, 5.41) is 16.2. The lowest BCUT2D eigenvalue weighted by Gasteiger charge is -2.38. The summed E-state index contributed by atoms with van der Waals surface area (Å²) < 4.78 is 0. The zero-order valence-corrected chi connectivity index (χ0v) is 13.5. The third-order valence-electron chi connectivity index (χ3n) is 5.75. The largest absolute Gasteiger partial charge is 0.396 e. The van der Waals surface area contributed by atoms with Crippen LogP contribution in [0.1, 0.15) is 70.6 Å². The minimum atomic E-state index is -0.0622. The van der Waals surface area contributed by atoms with Crippen molar-refractivity contribution >= 4 is 5.91 Å². The summed E-state index contributed by atoms with van der Waals surface area (Å²) in [6.07, 6.45) is 12.2. The summed E-state index contributed by atoms with van der Waals surface area (Å²) in [6.45, 7) is 0.840. The van der Waals surface area contributed by atoms with Crippen LogP contribution in [-0.2, 0) is 4.79 Å². The molecule has 4 nitrogen and oxygen atoms in total. The van der Waals surface area contributed by atoms with Crippen LogP contribution < -0.4 is 10.6 Å². The Bertz CT molecular complexity index is 332. The van der Waals surface area contributed by atoms with Gasteiger partial charge in [-0.25, -0.2) is 0 Å². The lowest BCUT2D eigenvalue weighted by molar-refractivity contribution is -0.123. The van der Waals surface area contributed by atoms with Gasteiger partial charge in [-0.3, -0.25) is 4.79 Å². The molecule has 0 heterocycles. The predicted molar refractivity (Wildman–Crippen MR) is 85.1 cm³/mol. The molecule has 0 aromatic heterocycles. The molecule has 0 saturated heterocycles. The lowest BCUT2D eigenvalue weighted by Crippen LogP contribution is -2.49.